The number of nitrogens with zero attached hydrogens (tertiary/aromatic N) is 2. The number of aromatic hydroxyl groups is 1. The zero-order valence-electron chi connectivity index (χ0n) is 13.6. The number of hydrogen-bond donors (Lipinski definition) is 1. The van der Waals surface area contributed by atoms with E-state index in [4.69, 9.17) is 9.47 Å². The summed E-state index contributed by atoms with van der Waals surface area (Å²) >= 11 is 0. The fraction of sp³-hybridized carbons (Fsp3) is 0.438. The summed E-state index contributed by atoms with van der Waals surface area (Å²) in [5, 5.41) is 9.74. The van der Waals surface area contributed by atoms with E-state index in [-0.39, 0.29) is 17.6 Å². The van der Waals surface area contributed by atoms with Crippen molar-refractivity contribution in [1.82, 2.24) is 4.90 Å². The average Bonchev–Trinajstić information content (AvgIpc) is 3.06. The second kappa shape index (κ2) is 5.70. The highest BCUT2D eigenvalue weighted by atomic mass is 16.5. The molecule has 24 heavy (non-hydrogen) atoms. The molecular formula is C16H18N2O6. The normalized spacial score (nSPS) is 24.4. The molecule has 2 aliphatic heterocycles. The SMILES string of the molecule is COC(=O)[C@@H]1C[C@H]2c3ccc(O)cc3N(C(C)=O)[C@H]2N1C(=O)OC. The Hall–Kier alpha value is -2.77. The number of anilines is 1. The maximum absolute atomic E-state index is 12.3. The van der Waals surface area contributed by atoms with E-state index in [1.54, 1.807) is 6.07 Å². The van der Waals surface area contributed by atoms with Crippen LogP contribution in [0.2, 0.25) is 0 Å². The van der Waals surface area contributed by atoms with Gasteiger partial charge in [0.25, 0.3) is 0 Å². The first-order chi connectivity index (χ1) is 11.4. The Morgan fingerprint density at radius 2 is 1.92 bits per heavy atom. The molecule has 2 aliphatic rings. The molecule has 0 saturated carbocycles. The Balaban J connectivity index is 2.12. The molecule has 1 N–H and O–H groups in total. The minimum Gasteiger partial charge on any atom is -0.508 e. The zero-order valence-corrected chi connectivity index (χ0v) is 13.6. The molecule has 0 radical (unpaired) electrons. The molecule has 2 amide bonds. The number of amides is 2. The van der Waals surface area contributed by atoms with Crippen LogP contribution in [0.5, 0.6) is 5.75 Å². The van der Waals surface area contributed by atoms with E-state index in [0.717, 1.165) is 5.56 Å². The molecular weight excluding hydrogens is 316 g/mol. The summed E-state index contributed by atoms with van der Waals surface area (Å²) in [6, 6.07) is 3.88. The summed E-state index contributed by atoms with van der Waals surface area (Å²) in [5.74, 6) is -1.09. The molecule has 0 aliphatic carbocycles. The van der Waals surface area contributed by atoms with Gasteiger partial charge in [-0.15, -0.1) is 0 Å². The van der Waals surface area contributed by atoms with E-state index in [2.05, 4.69) is 0 Å². The van der Waals surface area contributed by atoms with Gasteiger partial charge in [-0.25, -0.2) is 9.59 Å². The highest BCUT2D eigenvalue weighted by molar-refractivity contribution is 5.97. The van der Waals surface area contributed by atoms with Gasteiger partial charge >= 0.3 is 12.1 Å². The fourth-order valence-electron chi connectivity index (χ4n) is 3.69. The number of carbonyl (C=O) groups is 3. The number of likely N-dealkylation sites (tertiary alicyclic amines) is 1. The van der Waals surface area contributed by atoms with Crippen molar-refractivity contribution in [1.29, 1.82) is 0 Å². The van der Waals surface area contributed by atoms with Gasteiger partial charge in [0.15, 0.2) is 0 Å². The maximum Gasteiger partial charge on any atom is 0.411 e. The Labute approximate surface area is 138 Å². The van der Waals surface area contributed by atoms with Crippen molar-refractivity contribution in [3.05, 3.63) is 23.8 Å². The lowest BCUT2D eigenvalue weighted by Crippen LogP contribution is -2.53. The van der Waals surface area contributed by atoms with Crippen LogP contribution in [0, 0.1) is 0 Å². The van der Waals surface area contributed by atoms with Crippen molar-refractivity contribution in [2.24, 2.45) is 0 Å². The van der Waals surface area contributed by atoms with Gasteiger partial charge in [0, 0.05) is 18.9 Å². The van der Waals surface area contributed by atoms with Crippen molar-refractivity contribution < 1.29 is 29.0 Å². The molecule has 3 rings (SSSR count). The van der Waals surface area contributed by atoms with Crippen molar-refractivity contribution >= 4 is 23.7 Å². The second-order valence-corrected chi connectivity index (χ2v) is 5.80. The number of fused-ring (bicyclic) bond motifs is 3. The van der Waals surface area contributed by atoms with Gasteiger partial charge in [-0.2, -0.15) is 0 Å². The van der Waals surface area contributed by atoms with Gasteiger partial charge < -0.3 is 14.6 Å². The third kappa shape index (κ3) is 2.17. The molecule has 8 nitrogen and oxygen atoms in total. The van der Waals surface area contributed by atoms with Gasteiger partial charge in [0.1, 0.15) is 18.0 Å². The van der Waals surface area contributed by atoms with E-state index in [1.807, 2.05) is 0 Å². The van der Waals surface area contributed by atoms with E-state index in [0.29, 0.717) is 12.1 Å². The Morgan fingerprint density at radius 3 is 2.50 bits per heavy atom. The van der Waals surface area contributed by atoms with Gasteiger partial charge in [-0.05, 0) is 18.1 Å². The number of ether oxygens (including phenoxy) is 2. The molecule has 1 aromatic carbocycles. The van der Waals surface area contributed by atoms with Crippen LogP contribution in [-0.2, 0) is 19.1 Å². The average molecular weight is 334 g/mol. The van der Waals surface area contributed by atoms with Gasteiger partial charge in [-0.3, -0.25) is 14.6 Å². The van der Waals surface area contributed by atoms with Crippen LogP contribution in [0.1, 0.15) is 24.8 Å². The topological polar surface area (TPSA) is 96.4 Å². The Bertz CT molecular complexity index is 719. The first kappa shape index (κ1) is 16.1. The van der Waals surface area contributed by atoms with Crippen LogP contribution < -0.4 is 4.90 Å². The van der Waals surface area contributed by atoms with Gasteiger partial charge in [0.2, 0.25) is 5.91 Å². The molecule has 0 spiro atoms. The standard InChI is InChI=1S/C16H18N2O6/c1-8(19)17-12-6-9(20)4-5-10(12)11-7-13(15(21)23-2)18(14(11)17)16(22)24-3/h4-6,11,13-14,20H,7H2,1-3H3/t11-,13-,14-/m0/s1. The first-order valence-electron chi connectivity index (χ1n) is 7.47. The number of carbonyl (C=O) groups excluding carboxylic acids is 3. The summed E-state index contributed by atoms with van der Waals surface area (Å²) in [4.78, 5) is 39.3. The van der Waals surface area contributed by atoms with Gasteiger partial charge in [-0.1, -0.05) is 6.07 Å². The monoisotopic (exact) mass is 334 g/mol. The first-order valence-corrected chi connectivity index (χ1v) is 7.47. The summed E-state index contributed by atoms with van der Waals surface area (Å²) < 4.78 is 9.61. The lowest BCUT2D eigenvalue weighted by Gasteiger charge is -2.33. The number of hydrogen-bond acceptors (Lipinski definition) is 6. The van der Waals surface area contributed by atoms with E-state index < -0.39 is 24.3 Å². The summed E-state index contributed by atoms with van der Waals surface area (Å²) in [6.07, 6.45) is -1.08. The summed E-state index contributed by atoms with van der Waals surface area (Å²) in [5.41, 5.74) is 1.34. The second-order valence-electron chi connectivity index (χ2n) is 5.80. The Kier molecular flexibility index (Phi) is 3.82. The molecule has 2 heterocycles. The quantitative estimate of drug-likeness (QED) is 0.775. The van der Waals surface area contributed by atoms with Crippen LogP contribution in [-0.4, -0.2) is 54.4 Å². The van der Waals surface area contributed by atoms with Crippen LogP contribution in [0.15, 0.2) is 18.2 Å². The minimum absolute atomic E-state index is 0.0223. The molecule has 3 atom stereocenters. The molecule has 0 aromatic heterocycles. The predicted molar refractivity (Wildman–Crippen MR) is 82.5 cm³/mol. The zero-order chi connectivity index (χ0) is 17.6. The lowest BCUT2D eigenvalue weighted by atomic mass is 9.96. The van der Waals surface area contributed by atoms with Crippen LogP contribution >= 0.6 is 0 Å². The summed E-state index contributed by atoms with van der Waals surface area (Å²) in [7, 11) is 2.47. The van der Waals surface area contributed by atoms with E-state index >= 15 is 0 Å². The predicted octanol–water partition coefficient (Wildman–Crippen LogP) is 1.18. The third-order valence-corrected chi connectivity index (χ3v) is 4.59. The highest BCUT2D eigenvalue weighted by Gasteiger charge is 2.56. The summed E-state index contributed by atoms with van der Waals surface area (Å²) in [6.45, 7) is 1.37. The highest BCUT2D eigenvalue weighted by Crippen LogP contribution is 2.51. The number of phenols is 1. The molecule has 8 heteroatoms. The number of esters is 1. The maximum atomic E-state index is 12.3. The number of methoxy groups -OCH3 is 2. The molecule has 1 fully saturated rings. The number of benzene rings is 1. The van der Waals surface area contributed by atoms with Crippen LogP contribution in [0.25, 0.3) is 0 Å². The van der Waals surface area contributed by atoms with Gasteiger partial charge in [0.05, 0.1) is 19.9 Å². The van der Waals surface area contributed by atoms with Crippen molar-refractivity contribution in [3.63, 3.8) is 0 Å². The Morgan fingerprint density at radius 1 is 1.21 bits per heavy atom. The smallest absolute Gasteiger partial charge is 0.411 e. The van der Waals surface area contributed by atoms with Crippen molar-refractivity contribution in [2.45, 2.75) is 31.5 Å². The molecule has 128 valence electrons. The molecule has 0 bridgehead atoms. The largest absolute Gasteiger partial charge is 0.508 e. The lowest BCUT2D eigenvalue weighted by molar-refractivity contribution is -0.146. The molecule has 1 saturated heterocycles. The molecule has 1 aromatic rings. The van der Waals surface area contributed by atoms with E-state index in [1.165, 1.54) is 43.1 Å². The number of phenolic OH excluding ortho intramolecular Hbond substituents is 1. The van der Waals surface area contributed by atoms with Crippen molar-refractivity contribution in [2.75, 3.05) is 19.1 Å². The third-order valence-electron chi connectivity index (χ3n) is 4.59. The van der Waals surface area contributed by atoms with Crippen LogP contribution in [0.4, 0.5) is 10.5 Å². The fourth-order valence-corrected chi connectivity index (χ4v) is 3.69. The number of rotatable bonds is 1. The van der Waals surface area contributed by atoms with E-state index in [9.17, 15) is 19.5 Å². The minimum atomic E-state index is -0.832. The van der Waals surface area contributed by atoms with Crippen LogP contribution in [0.3, 0.4) is 0 Å². The molecule has 0 unspecified atom stereocenters. The van der Waals surface area contributed by atoms with Crippen molar-refractivity contribution in [3.8, 4) is 5.75 Å².